The summed E-state index contributed by atoms with van der Waals surface area (Å²) in [6.07, 6.45) is 1.84. The van der Waals surface area contributed by atoms with Crippen molar-refractivity contribution in [3.8, 4) is 0 Å². The summed E-state index contributed by atoms with van der Waals surface area (Å²) >= 11 is 0. The monoisotopic (exact) mass is 766 g/mol. The Kier molecular flexibility index (Phi) is 19.5. The molecule has 0 fully saturated rings. The average Bonchev–Trinajstić information content (AvgIpc) is 3.14. The molecular formula is C41H62N6O8. The molecule has 2 aromatic rings. The minimum atomic E-state index is -1.55. The quantitative estimate of drug-likeness (QED) is 0.0829. The third-order valence-electron chi connectivity index (χ3n) is 9.24. The Labute approximate surface area is 325 Å². The Morgan fingerprint density at radius 1 is 0.727 bits per heavy atom. The van der Waals surface area contributed by atoms with Crippen LogP contribution in [0.5, 0.6) is 0 Å². The second-order valence-electron chi connectivity index (χ2n) is 15.2. The van der Waals surface area contributed by atoms with E-state index in [1.807, 2.05) is 70.2 Å². The van der Waals surface area contributed by atoms with Crippen LogP contribution in [0.4, 0.5) is 0 Å². The second kappa shape index (κ2) is 23.2. The summed E-state index contributed by atoms with van der Waals surface area (Å²) in [7, 11) is 0. The number of aliphatic hydroxyl groups excluding tert-OH is 1. The number of hydrogen-bond acceptors (Lipinski definition) is 8. The van der Waals surface area contributed by atoms with Gasteiger partial charge >= 0.3 is 5.97 Å². The summed E-state index contributed by atoms with van der Waals surface area (Å²) < 4.78 is 0. The van der Waals surface area contributed by atoms with Crippen molar-refractivity contribution in [3.63, 3.8) is 0 Å². The number of carbonyl (C=O) groups excluding carboxylic acids is 5. The van der Waals surface area contributed by atoms with Gasteiger partial charge in [-0.2, -0.15) is 0 Å². The van der Waals surface area contributed by atoms with Crippen molar-refractivity contribution >= 4 is 35.5 Å². The van der Waals surface area contributed by atoms with E-state index in [9.17, 15) is 39.0 Å². The number of nitrogens with zero attached hydrogens (tertiary/aromatic N) is 1. The third kappa shape index (κ3) is 16.6. The van der Waals surface area contributed by atoms with Gasteiger partial charge in [0.25, 0.3) is 5.91 Å². The maximum absolute atomic E-state index is 13.6. The number of benzene rings is 2. The molecule has 0 aromatic heterocycles. The Balaban J connectivity index is 2.16. The lowest BCUT2D eigenvalue weighted by atomic mass is 9.86. The van der Waals surface area contributed by atoms with Gasteiger partial charge in [-0.25, -0.2) is 4.79 Å². The van der Waals surface area contributed by atoms with Crippen molar-refractivity contribution in [1.82, 2.24) is 31.5 Å². The fourth-order valence-corrected chi connectivity index (χ4v) is 5.88. The highest BCUT2D eigenvalue weighted by atomic mass is 16.4. The lowest BCUT2D eigenvalue weighted by molar-refractivity contribution is -0.143. The molecule has 0 saturated carbocycles. The van der Waals surface area contributed by atoms with Gasteiger partial charge in [0.2, 0.25) is 23.6 Å². The van der Waals surface area contributed by atoms with E-state index < -0.39 is 72.8 Å². The zero-order chi connectivity index (χ0) is 41.1. The van der Waals surface area contributed by atoms with Crippen LogP contribution in [0.15, 0.2) is 54.6 Å². The van der Waals surface area contributed by atoms with Crippen LogP contribution in [0, 0.1) is 5.92 Å². The van der Waals surface area contributed by atoms with E-state index in [4.69, 9.17) is 0 Å². The van der Waals surface area contributed by atoms with Crippen LogP contribution in [0.25, 0.3) is 0 Å². The topological polar surface area (TPSA) is 206 Å². The van der Waals surface area contributed by atoms with Gasteiger partial charge in [0, 0.05) is 12.0 Å². The van der Waals surface area contributed by atoms with Crippen molar-refractivity contribution < 1.29 is 39.0 Å². The number of hydrogen-bond donors (Lipinski definition) is 7. The number of carbonyl (C=O) groups is 6. The number of aliphatic hydroxyl groups is 1. The van der Waals surface area contributed by atoms with Gasteiger partial charge in [-0.15, -0.1) is 0 Å². The van der Waals surface area contributed by atoms with E-state index >= 15 is 0 Å². The first-order valence-electron chi connectivity index (χ1n) is 19.2. The summed E-state index contributed by atoms with van der Waals surface area (Å²) in [5.74, 6) is -4.61. The Morgan fingerprint density at radius 3 is 1.87 bits per heavy atom. The lowest BCUT2D eigenvalue weighted by Crippen LogP contribution is -2.57. The van der Waals surface area contributed by atoms with Gasteiger partial charge in [-0.1, -0.05) is 90.9 Å². The molecule has 4 atom stereocenters. The standard InChI is InChI=1S/C41H62N6O8/c1-8-47(9-2)22-14-13-17-31(38(52)46-34(26-48)40(54)55)44-39(53)32(23-27(3)4)43-35(49)25-42-37(51)33(24-28-15-11-10-12-16-28)45-36(50)29-18-20-30(21-19-29)41(5,6)7/h10-12,15-16,18-21,27,31-34,48H,8-9,13-14,17,22-26H2,1-7H3,(H,42,51)(H,43,49)(H,44,53)(H,45,50)(H,46,52)(H,54,55)/t31-,32+,33-,34-/m0/s1. The maximum atomic E-state index is 13.6. The fourth-order valence-electron chi connectivity index (χ4n) is 5.88. The number of aliphatic carboxylic acids is 1. The minimum Gasteiger partial charge on any atom is -0.480 e. The predicted molar refractivity (Wildman–Crippen MR) is 211 cm³/mol. The maximum Gasteiger partial charge on any atom is 0.328 e. The Hall–Kier alpha value is -4.82. The molecule has 0 aliphatic heterocycles. The number of rotatable bonds is 23. The first kappa shape index (κ1) is 46.3. The average molecular weight is 767 g/mol. The molecule has 7 N–H and O–H groups in total. The number of unbranched alkanes of at least 4 members (excludes halogenated alkanes) is 1. The Morgan fingerprint density at radius 2 is 1.33 bits per heavy atom. The van der Waals surface area contributed by atoms with Gasteiger partial charge in [-0.05, 0) is 79.9 Å². The summed E-state index contributed by atoms with van der Waals surface area (Å²) in [4.78, 5) is 80.5. The summed E-state index contributed by atoms with van der Waals surface area (Å²) in [5.41, 5.74) is 2.12. The zero-order valence-corrected chi connectivity index (χ0v) is 33.4. The number of amides is 5. The van der Waals surface area contributed by atoms with Crippen LogP contribution in [0.2, 0.25) is 0 Å². The molecule has 0 heterocycles. The van der Waals surface area contributed by atoms with E-state index in [2.05, 4.69) is 52.3 Å². The van der Waals surface area contributed by atoms with Crippen LogP contribution in [0.1, 0.15) is 95.6 Å². The third-order valence-corrected chi connectivity index (χ3v) is 9.24. The smallest absolute Gasteiger partial charge is 0.328 e. The molecular weight excluding hydrogens is 704 g/mol. The Bertz CT molecular complexity index is 1540. The van der Waals surface area contributed by atoms with Gasteiger partial charge in [0.15, 0.2) is 0 Å². The van der Waals surface area contributed by atoms with Crippen LogP contribution < -0.4 is 26.6 Å². The minimum absolute atomic E-state index is 0.0549. The molecule has 14 heteroatoms. The molecule has 0 aliphatic rings. The molecule has 0 spiro atoms. The van der Waals surface area contributed by atoms with Crippen molar-refractivity contribution in [2.75, 3.05) is 32.8 Å². The van der Waals surface area contributed by atoms with Gasteiger partial charge in [-0.3, -0.25) is 24.0 Å². The molecule has 0 unspecified atom stereocenters. The SMILES string of the molecule is CCN(CC)CCCC[C@H](NC(=O)[C@@H](CC(C)C)NC(=O)CNC(=O)[C@H](Cc1ccccc1)NC(=O)c1ccc(C(C)(C)C)cc1)C(=O)N[C@@H](CO)C(=O)O. The lowest BCUT2D eigenvalue weighted by Gasteiger charge is -2.25. The molecule has 5 amide bonds. The van der Waals surface area contributed by atoms with E-state index in [1.165, 1.54) is 0 Å². The second-order valence-corrected chi connectivity index (χ2v) is 15.2. The van der Waals surface area contributed by atoms with Crippen molar-refractivity contribution in [3.05, 3.63) is 71.3 Å². The summed E-state index contributed by atoms with van der Waals surface area (Å²) in [6.45, 7) is 15.2. The molecule has 55 heavy (non-hydrogen) atoms. The normalized spacial score (nSPS) is 13.6. The first-order valence-corrected chi connectivity index (χ1v) is 19.2. The molecule has 14 nitrogen and oxygen atoms in total. The highest BCUT2D eigenvalue weighted by molar-refractivity contribution is 5.98. The zero-order valence-electron chi connectivity index (χ0n) is 33.4. The van der Waals surface area contributed by atoms with Gasteiger partial charge < -0.3 is 41.7 Å². The van der Waals surface area contributed by atoms with Crippen LogP contribution in [0.3, 0.4) is 0 Å². The predicted octanol–water partition coefficient (Wildman–Crippen LogP) is 2.53. The molecule has 0 saturated heterocycles. The molecule has 0 aliphatic carbocycles. The van der Waals surface area contributed by atoms with Crippen LogP contribution >= 0.6 is 0 Å². The first-order chi connectivity index (χ1) is 26.0. The molecule has 2 rings (SSSR count). The van der Waals surface area contributed by atoms with Crippen LogP contribution in [-0.4, -0.2) is 108 Å². The molecule has 2 aromatic carbocycles. The van der Waals surface area contributed by atoms with E-state index in [-0.39, 0.29) is 30.6 Å². The summed E-state index contributed by atoms with van der Waals surface area (Å²) in [5, 5.41) is 31.8. The highest BCUT2D eigenvalue weighted by Crippen LogP contribution is 2.22. The van der Waals surface area contributed by atoms with Crippen molar-refractivity contribution in [2.45, 2.75) is 110 Å². The molecule has 304 valence electrons. The number of carboxylic acids is 1. The van der Waals surface area contributed by atoms with E-state index in [1.54, 1.807) is 12.1 Å². The summed E-state index contributed by atoms with van der Waals surface area (Å²) in [6, 6.07) is 11.5. The van der Waals surface area contributed by atoms with Crippen molar-refractivity contribution in [2.24, 2.45) is 5.92 Å². The fraction of sp³-hybridized carbons (Fsp3) is 0.561. The van der Waals surface area contributed by atoms with Crippen LogP contribution in [-0.2, 0) is 35.8 Å². The molecule has 0 bridgehead atoms. The van der Waals surface area contributed by atoms with Gasteiger partial charge in [0.05, 0.1) is 13.2 Å². The number of nitrogens with one attached hydrogen (secondary N) is 5. The number of carboxylic acid groups (broad SMARTS) is 1. The molecule has 0 radical (unpaired) electrons. The van der Waals surface area contributed by atoms with Crippen molar-refractivity contribution in [1.29, 1.82) is 0 Å². The van der Waals surface area contributed by atoms with Gasteiger partial charge in [0.1, 0.15) is 24.2 Å². The highest BCUT2D eigenvalue weighted by Gasteiger charge is 2.30. The van der Waals surface area contributed by atoms with E-state index in [0.29, 0.717) is 12.0 Å². The van der Waals surface area contributed by atoms with E-state index in [0.717, 1.165) is 37.2 Å². The largest absolute Gasteiger partial charge is 0.480 e.